The molecule has 1 aromatic carbocycles. The zero-order chi connectivity index (χ0) is 17.7. The molecular weight excluding hydrogens is 336 g/mol. The lowest BCUT2D eigenvalue weighted by Crippen LogP contribution is -2.21. The second kappa shape index (κ2) is 8.08. The van der Waals surface area contributed by atoms with Gasteiger partial charge in [0.1, 0.15) is 0 Å². The molecule has 0 aliphatic rings. The predicted octanol–water partition coefficient (Wildman–Crippen LogP) is 3.20. The van der Waals surface area contributed by atoms with Crippen molar-refractivity contribution in [3.63, 3.8) is 0 Å². The van der Waals surface area contributed by atoms with Gasteiger partial charge in [0, 0.05) is 11.1 Å². The van der Waals surface area contributed by atoms with Crippen LogP contribution in [0.15, 0.2) is 24.3 Å². The van der Waals surface area contributed by atoms with Gasteiger partial charge < -0.3 is 0 Å². The number of ketones is 2. The monoisotopic (exact) mass is 360 g/mol. The molecule has 0 aliphatic heterocycles. The molecule has 0 radical (unpaired) electrons. The van der Waals surface area contributed by atoms with Crippen LogP contribution in [-0.4, -0.2) is 44.0 Å². The Kier molecular flexibility index (Phi) is 6.98. The molecule has 0 saturated heterocycles. The summed E-state index contributed by atoms with van der Waals surface area (Å²) >= 11 is 0. The summed E-state index contributed by atoms with van der Waals surface area (Å²) < 4.78 is 29.1. The van der Waals surface area contributed by atoms with Crippen molar-refractivity contribution in [2.24, 2.45) is 0 Å². The van der Waals surface area contributed by atoms with Crippen LogP contribution in [0.4, 0.5) is 0 Å². The van der Waals surface area contributed by atoms with Crippen molar-refractivity contribution in [1.29, 1.82) is 0 Å². The minimum atomic E-state index is -3.64. The fourth-order valence-corrected chi connectivity index (χ4v) is 6.23. The molecular formula is C16H24O5S2. The van der Waals surface area contributed by atoms with Crippen molar-refractivity contribution in [2.45, 2.75) is 26.7 Å². The summed E-state index contributed by atoms with van der Waals surface area (Å²) in [6.45, 7) is 3.30. The molecule has 5 nitrogen and oxygen atoms in total. The van der Waals surface area contributed by atoms with Crippen LogP contribution in [0.3, 0.4) is 0 Å². The Morgan fingerprint density at radius 1 is 1.09 bits per heavy atom. The maximum Gasteiger partial charge on any atom is 0.276 e. The SMILES string of the molecule is CCCCS(=O)(=O)OS(C)(C)CC(=O)c1ccccc1C(C)=O. The van der Waals surface area contributed by atoms with Crippen LogP contribution in [0.25, 0.3) is 0 Å². The van der Waals surface area contributed by atoms with Gasteiger partial charge in [0.15, 0.2) is 11.6 Å². The summed E-state index contributed by atoms with van der Waals surface area (Å²) in [6.07, 6.45) is 4.57. The third kappa shape index (κ3) is 6.45. The normalized spacial score (nSPS) is 12.9. The molecule has 1 aromatic rings. The zero-order valence-electron chi connectivity index (χ0n) is 14.0. The zero-order valence-corrected chi connectivity index (χ0v) is 15.6. The van der Waals surface area contributed by atoms with E-state index in [0.717, 1.165) is 6.42 Å². The molecule has 0 aromatic heterocycles. The number of Topliss-reactive ketones (excluding diaryl/α,β-unsaturated/α-hetero) is 2. The van der Waals surface area contributed by atoms with E-state index in [0.29, 0.717) is 17.5 Å². The molecule has 0 bridgehead atoms. The molecule has 0 N–H and O–H groups in total. The van der Waals surface area contributed by atoms with E-state index in [1.54, 1.807) is 36.8 Å². The molecule has 130 valence electrons. The lowest BCUT2D eigenvalue weighted by molar-refractivity contribution is 0.0982. The summed E-state index contributed by atoms with van der Waals surface area (Å²) in [4.78, 5) is 24.1. The Hall–Kier alpha value is -1.18. The van der Waals surface area contributed by atoms with Crippen LogP contribution in [0, 0.1) is 0 Å². The van der Waals surface area contributed by atoms with Crippen LogP contribution >= 0.6 is 10.3 Å². The molecule has 0 saturated carbocycles. The topological polar surface area (TPSA) is 77.5 Å². The average Bonchev–Trinajstić information content (AvgIpc) is 2.43. The van der Waals surface area contributed by atoms with Gasteiger partial charge in [-0.25, -0.2) is 3.63 Å². The summed E-state index contributed by atoms with van der Waals surface area (Å²) in [7, 11) is -5.75. The maximum absolute atomic E-state index is 12.5. The van der Waals surface area contributed by atoms with E-state index >= 15 is 0 Å². The van der Waals surface area contributed by atoms with Crippen LogP contribution in [-0.2, 0) is 13.7 Å². The summed E-state index contributed by atoms with van der Waals surface area (Å²) in [5.41, 5.74) is 0.664. The van der Waals surface area contributed by atoms with Crippen LogP contribution < -0.4 is 0 Å². The second-order valence-electron chi connectivity index (χ2n) is 5.79. The fourth-order valence-electron chi connectivity index (χ4n) is 2.09. The Bertz CT molecular complexity index is 677. The van der Waals surface area contributed by atoms with Gasteiger partial charge in [0.05, 0.1) is 11.5 Å². The first-order valence-electron chi connectivity index (χ1n) is 7.36. The average molecular weight is 360 g/mol. The van der Waals surface area contributed by atoms with E-state index in [2.05, 4.69) is 0 Å². The third-order valence-corrected chi connectivity index (χ3v) is 7.17. The molecule has 0 heterocycles. The summed E-state index contributed by atoms with van der Waals surface area (Å²) in [5, 5.41) is 0. The van der Waals surface area contributed by atoms with E-state index in [9.17, 15) is 18.0 Å². The van der Waals surface area contributed by atoms with Gasteiger partial charge in [-0.1, -0.05) is 37.6 Å². The molecule has 0 fully saturated rings. The molecule has 0 unspecified atom stereocenters. The second-order valence-corrected chi connectivity index (χ2v) is 11.0. The summed E-state index contributed by atoms with van der Waals surface area (Å²) in [5.74, 6) is -0.555. The Balaban J connectivity index is 2.89. The first-order chi connectivity index (χ1) is 10.6. The predicted molar refractivity (Wildman–Crippen MR) is 94.9 cm³/mol. The highest BCUT2D eigenvalue weighted by molar-refractivity contribution is 8.32. The molecule has 1 rings (SSSR count). The van der Waals surface area contributed by atoms with Crippen LogP contribution in [0.2, 0.25) is 0 Å². The van der Waals surface area contributed by atoms with Gasteiger partial charge >= 0.3 is 0 Å². The van der Waals surface area contributed by atoms with Crippen molar-refractivity contribution in [1.82, 2.24) is 0 Å². The highest BCUT2D eigenvalue weighted by atomic mass is 32.3. The van der Waals surface area contributed by atoms with Crippen molar-refractivity contribution in [3.05, 3.63) is 35.4 Å². The van der Waals surface area contributed by atoms with Crippen molar-refractivity contribution in [3.8, 4) is 0 Å². The first kappa shape index (κ1) is 19.9. The van der Waals surface area contributed by atoms with Gasteiger partial charge in [-0.2, -0.15) is 8.42 Å². The van der Waals surface area contributed by atoms with E-state index in [1.807, 2.05) is 6.92 Å². The quantitative estimate of drug-likeness (QED) is 0.632. The largest absolute Gasteiger partial charge is 0.294 e. The molecule has 0 spiro atoms. The van der Waals surface area contributed by atoms with Gasteiger partial charge in [-0.3, -0.25) is 9.59 Å². The van der Waals surface area contributed by atoms with Crippen molar-refractivity contribution in [2.75, 3.05) is 24.0 Å². The minimum Gasteiger partial charge on any atom is -0.294 e. The van der Waals surface area contributed by atoms with Crippen molar-refractivity contribution >= 4 is 32.0 Å². The van der Waals surface area contributed by atoms with Crippen molar-refractivity contribution < 1.29 is 21.6 Å². The molecule has 0 amide bonds. The minimum absolute atomic E-state index is 0.0390. The van der Waals surface area contributed by atoms with E-state index in [-0.39, 0.29) is 23.1 Å². The number of hydrogen-bond acceptors (Lipinski definition) is 5. The lowest BCUT2D eigenvalue weighted by atomic mass is 10.0. The van der Waals surface area contributed by atoms with E-state index in [4.69, 9.17) is 3.63 Å². The third-order valence-electron chi connectivity index (χ3n) is 3.12. The number of carbonyl (C=O) groups is 2. The standard InChI is InChI=1S/C16H24O5S2/c1-5-6-11-23(19,20)21-22(3,4)12-16(18)15-10-8-7-9-14(15)13(2)17/h7-10H,5-6,11-12H2,1-4H3. The smallest absolute Gasteiger partial charge is 0.276 e. The first-order valence-corrected chi connectivity index (χ1v) is 11.5. The van der Waals surface area contributed by atoms with Gasteiger partial charge in [-0.15, -0.1) is 10.3 Å². The number of carbonyl (C=O) groups excluding carboxylic acids is 2. The summed E-state index contributed by atoms with van der Waals surface area (Å²) in [6, 6.07) is 6.55. The van der Waals surface area contributed by atoms with Gasteiger partial charge in [0.25, 0.3) is 10.1 Å². The number of unbranched alkanes of at least 4 members (excludes halogenated alkanes) is 1. The fraction of sp³-hybridized carbons (Fsp3) is 0.500. The highest BCUT2D eigenvalue weighted by Gasteiger charge is 2.26. The van der Waals surface area contributed by atoms with Crippen LogP contribution in [0.5, 0.6) is 0 Å². The van der Waals surface area contributed by atoms with Gasteiger partial charge in [0.2, 0.25) is 0 Å². The molecule has 7 heteroatoms. The number of benzene rings is 1. The number of rotatable bonds is 9. The Morgan fingerprint density at radius 2 is 1.65 bits per heavy atom. The van der Waals surface area contributed by atoms with Gasteiger partial charge in [-0.05, 0) is 25.9 Å². The Labute approximate surface area is 140 Å². The molecule has 0 aliphatic carbocycles. The highest BCUT2D eigenvalue weighted by Crippen LogP contribution is 2.43. The van der Waals surface area contributed by atoms with E-state index < -0.39 is 20.4 Å². The molecule has 23 heavy (non-hydrogen) atoms. The van der Waals surface area contributed by atoms with Crippen LogP contribution in [0.1, 0.15) is 47.4 Å². The lowest BCUT2D eigenvalue weighted by Gasteiger charge is -2.29. The van der Waals surface area contributed by atoms with E-state index in [1.165, 1.54) is 6.92 Å². The maximum atomic E-state index is 12.5. The Morgan fingerprint density at radius 3 is 2.17 bits per heavy atom. The molecule has 0 atom stereocenters. The number of hydrogen-bond donors (Lipinski definition) is 0.